The highest BCUT2D eigenvalue weighted by molar-refractivity contribution is 5.69. The van der Waals surface area contributed by atoms with Crippen LogP contribution in [0.2, 0.25) is 0 Å². The summed E-state index contributed by atoms with van der Waals surface area (Å²) in [5.74, 6) is -0.699. The minimum absolute atomic E-state index is 0.212. The lowest BCUT2D eigenvalue weighted by Crippen LogP contribution is -2.31. The molecule has 3 heteroatoms. The van der Waals surface area contributed by atoms with Gasteiger partial charge in [-0.3, -0.25) is 9.69 Å². The van der Waals surface area contributed by atoms with Crippen molar-refractivity contribution in [1.29, 1.82) is 0 Å². The van der Waals surface area contributed by atoms with Crippen molar-refractivity contribution in [3.8, 4) is 0 Å². The molecule has 0 aromatic carbocycles. The summed E-state index contributed by atoms with van der Waals surface area (Å²) in [6.45, 7) is 6.64. The SMILES string of the molecule is CCC1(CC)CCCN(CC(=O)O)CC1. The van der Waals surface area contributed by atoms with Gasteiger partial charge in [0.25, 0.3) is 0 Å². The van der Waals surface area contributed by atoms with Gasteiger partial charge in [0.05, 0.1) is 6.54 Å². The molecule has 0 aliphatic carbocycles. The third-order valence-corrected chi connectivity index (χ3v) is 4.00. The van der Waals surface area contributed by atoms with Gasteiger partial charge in [0.2, 0.25) is 0 Å². The molecule has 0 aromatic heterocycles. The zero-order chi connectivity index (χ0) is 11.3. The first kappa shape index (κ1) is 12.5. The maximum atomic E-state index is 10.6. The minimum Gasteiger partial charge on any atom is -0.480 e. The van der Waals surface area contributed by atoms with E-state index in [0.29, 0.717) is 5.41 Å². The standard InChI is InChI=1S/C12H23NO2/c1-3-12(4-2)6-5-8-13(9-7-12)10-11(14)15/h3-10H2,1-2H3,(H,14,15). The highest BCUT2D eigenvalue weighted by atomic mass is 16.4. The lowest BCUT2D eigenvalue weighted by Gasteiger charge is -2.30. The number of aliphatic carboxylic acids is 1. The molecule has 3 nitrogen and oxygen atoms in total. The van der Waals surface area contributed by atoms with Crippen LogP contribution in [0, 0.1) is 5.41 Å². The van der Waals surface area contributed by atoms with E-state index in [2.05, 4.69) is 18.7 Å². The van der Waals surface area contributed by atoms with Crippen LogP contribution in [-0.4, -0.2) is 35.6 Å². The molecule has 0 spiro atoms. The van der Waals surface area contributed by atoms with Crippen molar-refractivity contribution in [2.24, 2.45) is 5.41 Å². The summed E-state index contributed by atoms with van der Waals surface area (Å²) in [6.07, 6.45) is 6.02. The molecular weight excluding hydrogens is 190 g/mol. The molecule has 1 aliphatic heterocycles. The Morgan fingerprint density at radius 3 is 2.47 bits per heavy atom. The number of hydrogen-bond donors (Lipinski definition) is 1. The van der Waals surface area contributed by atoms with Gasteiger partial charge in [-0.2, -0.15) is 0 Å². The van der Waals surface area contributed by atoms with E-state index in [1.165, 1.54) is 19.3 Å². The fourth-order valence-electron chi connectivity index (χ4n) is 2.62. The van der Waals surface area contributed by atoms with E-state index in [1.807, 2.05) is 0 Å². The van der Waals surface area contributed by atoms with Crippen molar-refractivity contribution in [3.05, 3.63) is 0 Å². The van der Waals surface area contributed by atoms with Crippen LogP contribution in [0.4, 0.5) is 0 Å². The molecule has 0 unspecified atom stereocenters. The molecule has 0 aromatic rings. The molecule has 1 rings (SSSR count). The summed E-state index contributed by atoms with van der Waals surface area (Å²) < 4.78 is 0. The van der Waals surface area contributed by atoms with Gasteiger partial charge in [-0.05, 0) is 37.8 Å². The van der Waals surface area contributed by atoms with Crippen LogP contribution in [0.15, 0.2) is 0 Å². The molecule has 1 aliphatic rings. The molecule has 0 atom stereocenters. The molecule has 15 heavy (non-hydrogen) atoms. The first-order valence-corrected chi connectivity index (χ1v) is 6.06. The van der Waals surface area contributed by atoms with Crippen LogP contribution >= 0.6 is 0 Å². The molecule has 1 fully saturated rings. The highest BCUT2D eigenvalue weighted by Gasteiger charge is 2.29. The smallest absolute Gasteiger partial charge is 0.317 e. The van der Waals surface area contributed by atoms with Crippen molar-refractivity contribution in [2.75, 3.05) is 19.6 Å². The zero-order valence-corrected chi connectivity index (χ0v) is 9.96. The van der Waals surface area contributed by atoms with Gasteiger partial charge in [0.1, 0.15) is 0 Å². The molecule has 0 radical (unpaired) electrons. The van der Waals surface area contributed by atoms with Crippen molar-refractivity contribution >= 4 is 5.97 Å². The Morgan fingerprint density at radius 2 is 1.93 bits per heavy atom. The summed E-state index contributed by atoms with van der Waals surface area (Å²) in [7, 11) is 0. The largest absolute Gasteiger partial charge is 0.480 e. The van der Waals surface area contributed by atoms with Gasteiger partial charge in [-0.15, -0.1) is 0 Å². The van der Waals surface area contributed by atoms with Crippen LogP contribution in [-0.2, 0) is 4.79 Å². The van der Waals surface area contributed by atoms with Gasteiger partial charge in [0.15, 0.2) is 0 Å². The second-order valence-electron chi connectivity index (χ2n) is 4.73. The fourth-order valence-corrected chi connectivity index (χ4v) is 2.62. The Kier molecular flexibility index (Phi) is 4.58. The van der Waals surface area contributed by atoms with E-state index in [4.69, 9.17) is 5.11 Å². The summed E-state index contributed by atoms with van der Waals surface area (Å²) >= 11 is 0. The predicted molar refractivity (Wildman–Crippen MR) is 60.9 cm³/mol. The van der Waals surface area contributed by atoms with Gasteiger partial charge in [-0.1, -0.05) is 26.7 Å². The molecule has 1 saturated heterocycles. The van der Waals surface area contributed by atoms with E-state index in [-0.39, 0.29) is 6.54 Å². The maximum Gasteiger partial charge on any atom is 0.317 e. The monoisotopic (exact) mass is 213 g/mol. The second kappa shape index (κ2) is 5.50. The molecule has 88 valence electrons. The summed E-state index contributed by atoms with van der Waals surface area (Å²) in [5, 5.41) is 8.76. The molecule has 1 heterocycles. The number of carboxylic acids is 1. The summed E-state index contributed by atoms with van der Waals surface area (Å²) in [4.78, 5) is 12.7. The van der Waals surface area contributed by atoms with Crippen molar-refractivity contribution in [2.45, 2.75) is 46.0 Å². The van der Waals surface area contributed by atoms with Crippen LogP contribution < -0.4 is 0 Å². The Hall–Kier alpha value is -0.570. The van der Waals surface area contributed by atoms with E-state index in [9.17, 15) is 4.79 Å². The molecular formula is C12H23NO2. The van der Waals surface area contributed by atoms with E-state index < -0.39 is 5.97 Å². The highest BCUT2D eigenvalue weighted by Crippen LogP contribution is 2.37. The first-order chi connectivity index (χ1) is 7.12. The van der Waals surface area contributed by atoms with Gasteiger partial charge in [-0.25, -0.2) is 0 Å². The molecule has 0 bridgehead atoms. The predicted octanol–water partition coefficient (Wildman–Crippen LogP) is 2.36. The Labute approximate surface area is 92.5 Å². The number of nitrogens with zero attached hydrogens (tertiary/aromatic N) is 1. The van der Waals surface area contributed by atoms with Crippen LogP contribution in [0.3, 0.4) is 0 Å². The lowest BCUT2D eigenvalue weighted by atomic mass is 9.76. The molecule has 0 amide bonds. The third kappa shape index (κ3) is 3.49. The van der Waals surface area contributed by atoms with Gasteiger partial charge < -0.3 is 5.11 Å². The maximum absolute atomic E-state index is 10.6. The van der Waals surface area contributed by atoms with Crippen molar-refractivity contribution < 1.29 is 9.90 Å². The summed E-state index contributed by atoms with van der Waals surface area (Å²) in [6, 6.07) is 0. The molecule has 0 saturated carbocycles. The zero-order valence-electron chi connectivity index (χ0n) is 9.96. The minimum atomic E-state index is -0.699. The number of carbonyl (C=O) groups is 1. The third-order valence-electron chi connectivity index (χ3n) is 4.00. The van der Waals surface area contributed by atoms with Gasteiger partial charge >= 0.3 is 5.97 Å². The number of hydrogen-bond acceptors (Lipinski definition) is 2. The van der Waals surface area contributed by atoms with Crippen molar-refractivity contribution in [1.82, 2.24) is 4.90 Å². The normalized spacial score (nSPS) is 22.3. The van der Waals surface area contributed by atoms with E-state index >= 15 is 0 Å². The van der Waals surface area contributed by atoms with E-state index in [0.717, 1.165) is 25.9 Å². The number of likely N-dealkylation sites (tertiary alicyclic amines) is 1. The average molecular weight is 213 g/mol. The lowest BCUT2D eigenvalue weighted by molar-refractivity contribution is -0.138. The number of carboxylic acid groups (broad SMARTS) is 1. The average Bonchev–Trinajstić information content (AvgIpc) is 2.41. The van der Waals surface area contributed by atoms with Crippen LogP contribution in [0.1, 0.15) is 46.0 Å². The first-order valence-electron chi connectivity index (χ1n) is 6.06. The fraction of sp³-hybridized carbons (Fsp3) is 0.917. The Bertz CT molecular complexity index is 212. The van der Waals surface area contributed by atoms with Crippen LogP contribution in [0.5, 0.6) is 0 Å². The summed E-state index contributed by atoms with van der Waals surface area (Å²) in [5.41, 5.74) is 0.479. The quantitative estimate of drug-likeness (QED) is 0.779. The second-order valence-corrected chi connectivity index (χ2v) is 4.73. The van der Waals surface area contributed by atoms with Crippen LogP contribution in [0.25, 0.3) is 0 Å². The Morgan fingerprint density at radius 1 is 1.27 bits per heavy atom. The van der Waals surface area contributed by atoms with Crippen molar-refractivity contribution in [3.63, 3.8) is 0 Å². The van der Waals surface area contributed by atoms with Gasteiger partial charge in [0, 0.05) is 0 Å². The topological polar surface area (TPSA) is 40.5 Å². The van der Waals surface area contributed by atoms with E-state index in [1.54, 1.807) is 0 Å². The Balaban J connectivity index is 2.51. The molecule has 1 N–H and O–H groups in total. The number of rotatable bonds is 4.